The Hall–Kier alpha value is -10.2. The van der Waals surface area contributed by atoms with E-state index in [-0.39, 0.29) is 5.76 Å². The quantitative estimate of drug-likeness (QED) is 0.107. The maximum absolute atomic E-state index is 11.2. The van der Waals surface area contributed by atoms with Crippen LogP contribution < -0.4 is 11.5 Å². The van der Waals surface area contributed by atoms with E-state index in [9.17, 15) is 9.59 Å². The Kier molecular flexibility index (Phi) is 30.8. The molecule has 8 aromatic heterocycles. The summed E-state index contributed by atoms with van der Waals surface area (Å²) in [5, 5.41) is 20.3. The van der Waals surface area contributed by atoms with Gasteiger partial charge in [0.05, 0.1) is 58.0 Å². The number of aromatic nitrogens is 12. The molecule has 16 nitrogen and oxygen atoms in total. The molecule has 4 N–H and O–H groups in total. The molecule has 0 amide bonds. The summed E-state index contributed by atoms with van der Waals surface area (Å²) in [4.78, 5) is 40.4. The number of aromatic amines is 4. The molecule has 14 aromatic rings. The number of H-pyrrole nitrogens is 4. The van der Waals surface area contributed by atoms with Gasteiger partial charge in [-0.3, -0.25) is 34.4 Å². The third-order valence-corrected chi connectivity index (χ3v) is 17.0. The summed E-state index contributed by atoms with van der Waals surface area (Å²) in [7, 11) is 3.65. The SMILES string of the molecule is CC(C)c1ccc2[nH]c(=O)oc2c1.CC(C)c1ccc2[nH]ncc2c1.CC(C)c1ccc2c(c1)oc(=O)n2C.CC(C)c1ccc2cn[nH]c2c1.CC(C)c1ccc2nc[nH]c2c1.CC(C)c1ccccc1.CC(C)c1cnn(C)c1.Cc1ccc(C(C)C)cn1.Cc1ccc(C(C)C)nc1. The number of fused-ring (bicyclic) bond motifs is 5. The van der Waals surface area contributed by atoms with Crippen LogP contribution in [0.5, 0.6) is 0 Å². The van der Waals surface area contributed by atoms with Gasteiger partial charge in [0.1, 0.15) is 0 Å². The molecule has 0 unspecified atom stereocenters. The molecule has 534 valence electrons. The summed E-state index contributed by atoms with van der Waals surface area (Å²) in [6.07, 6.45) is 13.3. The molecule has 6 aromatic carbocycles. The van der Waals surface area contributed by atoms with Gasteiger partial charge in [-0.25, -0.2) is 14.6 Å². The highest BCUT2D eigenvalue weighted by Crippen LogP contribution is 2.24. The standard InChI is InChI=1S/C11H13NO2.3C10H12N2.C10H11NO2.2C9H13N.C9H12.C7H12N2/c1-7(2)8-4-5-9-10(6-8)14-11(13)12(9)3;1-7(2)8-3-4-10-9(5-8)6-11-12-10;1-7(2)8-3-4-9-10(5-8)12-6-11-9;1-7(2)8-3-4-9-6-11-12-10(9)5-8;1-6(2)7-3-4-8-9(5-7)13-10(12)11-8;1-7(2)9-5-4-8(3)10-6-9;1-7(2)9-5-4-8(3)6-10-9;1-8(2)9-6-4-3-5-7-9;1-6(2)7-4-8-9(3)5-7/h4-7H,1-3H3;3*3-7H,1-2H3,(H,11,12);3-6H,1-2H3,(H,11,12);2*4-7H,1-3H3;3-8H,1-2H3;4-6H,1-3H3. The molecule has 0 bridgehead atoms. The smallest absolute Gasteiger partial charge is 0.408 e. The van der Waals surface area contributed by atoms with Gasteiger partial charge in [-0.1, -0.05) is 203 Å². The number of nitrogens with zero attached hydrogens (tertiary/aromatic N) is 8. The first kappa shape index (κ1) is 79.8. The van der Waals surface area contributed by atoms with Crippen LogP contribution in [0.3, 0.4) is 0 Å². The van der Waals surface area contributed by atoms with Crippen LogP contribution in [-0.4, -0.2) is 59.7 Å². The molecule has 0 saturated carbocycles. The van der Waals surface area contributed by atoms with Crippen LogP contribution in [0.4, 0.5) is 0 Å². The van der Waals surface area contributed by atoms with E-state index in [1.165, 1.54) is 71.1 Å². The fourth-order valence-electron chi connectivity index (χ4n) is 9.99. The fraction of sp³-hybridized carbons (Fsp3) is 0.365. The zero-order chi connectivity index (χ0) is 74.0. The van der Waals surface area contributed by atoms with Crippen LogP contribution in [0, 0.1) is 13.8 Å². The molecular formula is C85H110N12O4. The molecule has 0 saturated heterocycles. The lowest BCUT2D eigenvalue weighted by Crippen LogP contribution is -2.08. The van der Waals surface area contributed by atoms with Gasteiger partial charge in [-0.2, -0.15) is 15.3 Å². The van der Waals surface area contributed by atoms with Gasteiger partial charge in [0.2, 0.25) is 0 Å². The summed E-state index contributed by atoms with van der Waals surface area (Å²) in [6.45, 7) is 43.0. The Morgan fingerprint density at radius 2 is 0.921 bits per heavy atom. The van der Waals surface area contributed by atoms with Crippen LogP contribution in [0.1, 0.15) is 239 Å². The van der Waals surface area contributed by atoms with Crippen LogP contribution in [-0.2, 0) is 14.1 Å². The second-order valence-corrected chi connectivity index (χ2v) is 28.3. The summed E-state index contributed by atoms with van der Waals surface area (Å²) in [6, 6.07) is 49.7. The second-order valence-electron chi connectivity index (χ2n) is 28.3. The first-order valence-corrected chi connectivity index (χ1v) is 35.4. The van der Waals surface area contributed by atoms with Crippen molar-refractivity contribution in [3.63, 3.8) is 0 Å². The van der Waals surface area contributed by atoms with Gasteiger partial charge < -0.3 is 13.8 Å². The van der Waals surface area contributed by atoms with E-state index in [4.69, 9.17) is 8.83 Å². The molecule has 0 radical (unpaired) electrons. The third kappa shape index (κ3) is 25.2. The van der Waals surface area contributed by atoms with Crippen molar-refractivity contribution in [1.82, 2.24) is 59.7 Å². The van der Waals surface area contributed by atoms with Gasteiger partial charge in [0, 0.05) is 54.8 Å². The van der Waals surface area contributed by atoms with E-state index in [1.807, 2.05) is 98.3 Å². The molecule has 101 heavy (non-hydrogen) atoms. The number of hydrogen-bond acceptors (Lipinski definition) is 10. The van der Waals surface area contributed by atoms with Crippen LogP contribution in [0.15, 0.2) is 208 Å². The Morgan fingerprint density at radius 3 is 1.46 bits per heavy atom. The number of rotatable bonds is 9. The van der Waals surface area contributed by atoms with E-state index in [0.29, 0.717) is 64.4 Å². The van der Waals surface area contributed by atoms with Crippen molar-refractivity contribution in [2.24, 2.45) is 14.1 Å². The number of oxazole rings is 2. The average Bonchev–Trinajstić information content (AvgIpc) is 1.68. The minimum absolute atomic E-state index is 0.305. The molecule has 0 aliphatic heterocycles. The molecule has 0 aliphatic rings. The molecule has 0 spiro atoms. The topological polar surface area (TPSA) is 211 Å². The van der Waals surface area contributed by atoms with Gasteiger partial charge in [-0.15, -0.1) is 0 Å². The van der Waals surface area contributed by atoms with Gasteiger partial charge in [-0.05, 0) is 184 Å². The maximum Gasteiger partial charge on any atom is 0.419 e. The van der Waals surface area contributed by atoms with E-state index >= 15 is 0 Å². The minimum atomic E-state index is -0.393. The summed E-state index contributed by atoms with van der Waals surface area (Å²) >= 11 is 0. The number of benzene rings is 6. The van der Waals surface area contributed by atoms with Crippen molar-refractivity contribution >= 4 is 55.0 Å². The zero-order valence-electron chi connectivity index (χ0n) is 63.8. The Balaban J connectivity index is 0.000000179. The molecule has 0 fully saturated rings. The predicted octanol–water partition coefficient (Wildman–Crippen LogP) is 21.9. The van der Waals surface area contributed by atoms with Crippen LogP contribution in [0.25, 0.3) is 55.0 Å². The fourth-order valence-corrected chi connectivity index (χ4v) is 9.99. The average molecular weight is 1360 g/mol. The maximum atomic E-state index is 11.2. The Labute approximate surface area is 597 Å². The van der Waals surface area contributed by atoms with Crippen molar-refractivity contribution in [2.75, 3.05) is 0 Å². The first-order valence-electron chi connectivity index (χ1n) is 35.4. The minimum Gasteiger partial charge on any atom is -0.408 e. The van der Waals surface area contributed by atoms with E-state index in [1.54, 1.807) is 13.4 Å². The van der Waals surface area contributed by atoms with E-state index in [0.717, 1.165) is 38.8 Å². The van der Waals surface area contributed by atoms with Gasteiger partial charge >= 0.3 is 11.5 Å². The molecule has 14 rings (SSSR count). The van der Waals surface area contributed by atoms with Gasteiger partial charge in [0.25, 0.3) is 0 Å². The Bertz CT molecular complexity index is 4580. The monoisotopic (exact) mass is 1360 g/mol. The number of aryl methyl sites for hydroxylation is 4. The van der Waals surface area contributed by atoms with Crippen LogP contribution >= 0.6 is 0 Å². The van der Waals surface area contributed by atoms with Crippen molar-refractivity contribution in [3.05, 3.63) is 272 Å². The zero-order valence-corrected chi connectivity index (χ0v) is 63.8. The van der Waals surface area contributed by atoms with Crippen molar-refractivity contribution < 1.29 is 8.83 Å². The number of hydrogen-bond donors (Lipinski definition) is 4. The molecular weight excluding hydrogens is 1250 g/mol. The highest BCUT2D eigenvalue weighted by Gasteiger charge is 2.10. The van der Waals surface area contributed by atoms with E-state index < -0.39 is 5.76 Å². The van der Waals surface area contributed by atoms with Crippen LogP contribution in [0.2, 0.25) is 0 Å². The normalized spacial score (nSPS) is 11.0. The number of imidazole rings is 1. The first-order chi connectivity index (χ1) is 48.0. The summed E-state index contributed by atoms with van der Waals surface area (Å²) in [5.41, 5.74) is 21.3. The molecule has 0 atom stereocenters. The largest absolute Gasteiger partial charge is 0.419 e. The summed E-state index contributed by atoms with van der Waals surface area (Å²) in [5.74, 6) is 4.34. The van der Waals surface area contributed by atoms with Crippen molar-refractivity contribution in [3.8, 4) is 0 Å². The third-order valence-electron chi connectivity index (χ3n) is 17.0. The lowest BCUT2D eigenvalue weighted by Gasteiger charge is -2.03. The highest BCUT2D eigenvalue weighted by atomic mass is 16.4. The lowest BCUT2D eigenvalue weighted by molar-refractivity contribution is 0.527. The highest BCUT2D eigenvalue weighted by molar-refractivity contribution is 5.80. The van der Waals surface area contributed by atoms with Gasteiger partial charge in [0.15, 0.2) is 11.2 Å². The second kappa shape index (κ2) is 39.0. The van der Waals surface area contributed by atoms with Crippen molar-refractivity contribution in [2.45, 2.75) is 192 Å². The van der Waals surface area contributed by atoms with E-state index in [2.05, 4.69) is 285 Å². The molecule has 16 heteroatoms. The predicted molar refractivity (Wildman–Crippen MR) is 421 cm³/mol. The number of nitrogens with one attached hydrogen (secondary N) is 4. The summed E-state index contributed by atoms with van der Waals surface area (Å²) < 4.78 is 13.4. The number of pyridine rings is 2. The molecule has 8 heterocycles. The lowest BCUT2D eigenvalue weighted by atomic mass is 10.0. The molecule has 0 aliphatic carbocycles. The van der Waals surface area contributed by atoms with Crippen molar-refractivity contribution in [1.29, 1.82) is 0 Å². The Morgan fingerprint density at radius 1 is 0.396 bits per heavy atom.